The summed E-state index contributed by atoms with van der Waals surface area (Å²) in [7, 11) is -3.85. The van der Waals surface area contributed by atoms with Gasteiger partial charge in [-0.3, -0.25) is 4.98 Å². The zero-order valence-corrected chi connectivity index (χ0v) is 18.8. The Kier molecular flexibility index (Phi) is 5.68. The molecule has 0 unspecified atom stereocenters. The highest BCUT2D eigenvalue weighted by Crippen LogP contribution is 2.39. The van der Waals surface area contributed by atoms with Crippen LogP contribution in [0.5, 0.6) is 0 Å². The van der Waals surface area contributed by atoms with Gasteiger partial charge >= 0.3 is 0 Å². The fourth-order valence-electron chi connectivity index (χ4n) is 3.66. The molecule has 2 heterocycles. The molecular formula is C21H19Cl3N2O2S. The SMILES string of the molecule is CC1CCN(c2c(S(=O)(=O)c3ccc(Cl)c(Cl)c3)cnc3cc(Cl)ccc23)CC1. The van der Waals surface area contributed by atoms with E-state index < -0.39 is 9.84 Å². The largest absolute Gasteiger partial charge is 0.370 e. The molecule has 0 bridgehead atoms. The molecule has 1 aliphatic rings. The summed E-state index contributed by atoms with van der Waals surface area (Å²) in [4.78, 5) is 6.79. The van der Waals surface area contributed by atoms with Gasteiger partial charge in [0.05, 0.1) is 26.1 Å². The lowest BCUT2D eigenvalue weighted by Crippen LogP contribution is -2.34. The maximum atomic E-state index is 13.5. The number of halogens is 3. The van der Waals surface area contributed by atoms with Gasteiger partial charge in [-0.25, -0.2) is 8.42 Å². The van der Waals surface area contributed by atoms with Crippen LogP contribution in [0.15, 0.2) is 52.4 Å². The minimum Gasteiger partial charge on any atom is -0.370 e. The molecule has 1 aromatic heterocycles. The zero-order valence-electron chi connectivity index (χ0n) is 15.7. The van der Waals surface area contributed by atoms with Crippen molar-refractivity contribution in [2.75, 3.05) is 18.0 Å². The minimum absolute atomic E-state index is 0.0913. The Morgan fingerprint density at radius 3 is 2.41 bits per heavy atom. The van der Waals surface area contributed by atoms with Crippen molar-refractivity contribution in [1.29, 1.82) is 0 Å². The van der Waals surface area contributed by atoms with E-state index in [1.54, 1.807) is 12.1 Å². The Morgan fingerprint density at radius 2 is 1.72 bits per heavy atom. The highest BCUT2D eigenvalue weighted by atomic mass is 35.5. The summed E-state index contributed by atoms with van der Waals surface area (Å²) >= 11 is 18.2. The van der Waals surface area contributed by atoms with E-state index in [0.717, 1.165) is 31.3 Å². The molecule has 4 nitrogen and oxygen atoms in total. The average Bonchev–Trinajstić information content (AvgIpc) is 2.69. The average molecular weight is 470 g/mol. The summed E-state index contributed by atoms with van der Waals surface area (Å²) in [6, 6.07) is 9.70. The van der Waals surface area contributed by atoms with Crippen LogP contribution in [0.4, 0.5) is 5.69 Å². The van der Waals surface area contributed by atoms with E-state index in [0.29, 0.717) is 27.2 Å². The molecule has 8 heteroatoms. The molecule has 2 aromatic carbocycles. The number of sulfone groups is 1. The maximum absolute atomic E-state index is 13.5. The molecule has 152 valence electrons. The number of nitrogens with zero attached hydrogens (tertiary/aromatic N) is 2. The van der Waals surface area contributed by atoms with Crippen molar-refractivity contribution in [3.05, 3.63) is 57.7 Å². The van der Waals surface area contributed by atoms with Crippen LogP contribution in [-0.4, -0.2) is 26.5 Å². The number of hydrogen-bond acceptors (Lipinski definition) is 4. The van der Waals surface area contributed by atoms with Crippen molar-refractivity contribution >= 4 is 61.2 Å². The highest BCUT2D eigenvalue weighted by molar-refractivity contribution is 7.91. The van der Waals surface area contributed by atoms with Crippen molar-refractivity contribution in [3.8, 4) is 0 Å². The number of rotatable bonds is 3. The molecule has 29 heavy (non-hydrogen) atoms. The molecule has 0 N–H and O–H groups in total. The van der Waals surface area contributed by atoms with E-state index >= 15 is 0 Å². The number of benzene rings is 2. The fourth-order valence-corrected chi connectivity index (χ4v) is 5.65. The van der Waals surface area contributed by atoms with Gasteiger partial charge in [-0.05, 0) is 55.2 Å². The number of anilines is 1. The van der Waals surface area contributed by atoms with Crippen LogP contribution in [0.2, 0.25) is 15.1 Å². The smallest absolute Gasteiger partial charge is 0.210 e. The molecule has 0 atom stereocenters. The molecule has 0 radical (unpaired) electrons. The number of aromatic nitrogens is 1. The molecule has 3 aromatic rings. The van der Waals surface area contributed by atoms with Gasteiger partial charge in [0, 0.05) is 29.7 Å². The van der Waals surface area contributed by atoms with Crippen LogP contribution in [-0.2, 0) is 9.84 Å². The standard InChI is InChI=1S/C21H19Cl3N2O2S/c1-13-6-8-26(9-7-13)21-16-4-2-14(22)10-19(16)25-12-20(21)29(27,28)15-3-5-17(23)18(24)11-15/h2-5,10-13H,6-9H2,1H3. The van der Waals surface area contributed by atoms with Gasteiger partial charge in [0.2, 0.25) is 9.84 Å². The third-order valence-electron chi connectivity index (χ3n) is 5.36. The van der Waals surface area contributed by atoms with Gasteiger partial charge in [-0.15, -0.1) is 0 Å². The Bertz CT molecular complexity index is 1190. The monoisotopic (exact) mass is 468 g/mol. The normalized spacial score (nSPS) is 15.8. The van der Waals surface area contributed by atoms with Crippen LogP contribution in [0, 0.1) is 5.92 Å². The zero-order chi connectivity index (χ0) is 20.8. The number of piperidine rings is 1. The predicted molar refractivity (Wildman–Crippen MR) is 119 cm³/mol. The first-order valence-electron chi connectivity index (χ1n) is 9.30. The van der Waals surface area contributed by atoms with E-state index in [4.69, 9.17) is 34.8 Å². The van der Waals surface area contributed by atoms with Crippen LogP contribution >= 0.6 is 34.8 Å². The number of pyridine rings is 1. The minimum atomic E-state index is -3.85. The van der Waals surface area contributed by atoms with Gasteiger partial charge in [-0.1, -0.05) is 41.7 Å². The van der Waals surface area contributed by atoms with Crippen LogP contribution < -0.4 is 4.90 Å². The van der Waals surface area contributed by atoms with Crippen molar-refractivity contribution in [1.82, 2.24) is 4.98 Å². The summed E-state index contributed by atoms with van der Waals surface area (Å²) in [5, 5.41) is 1.83. The van der Waals surface area contributed by atoms with Gasteiger partial charge in [-0.2, -0.15) is 0 Å². The van der Waals surface area contributed by atoms with E-state index in [-0.39, 0.29) is 14.8 Å². The number of hydrogen-bond donors (Lipinski definition) is 0. The van der Waals surface area contributed by atoms with Crippen molar-refractivity contribution in [3.63, 3.8) is 0 Å². The van der Waals surface area contributed by atoms with Crippen molar-refractivity contribution < 1.29 is 8.42 Å². The first-order valence-corrected chi connectivity index (χ1v) is 11.9. The Hall–Kier alpha value is -1.53. The molecule has 0 aliphatic carbocycles. The third-order valence-corrected chi connectivity index (χ3v) is 8.09. The summed E-state index contributed by atoms with van der Waals surface area (Å²) in [5.41, 5.74) is 1.34. The van der Waals surface area contributed by atoms with Crippen LogP contribution in [0.1, 0.15) is 19.8 Å². The van der Waals surface area contributed by atoms with Gasteiger partial charge < -0.3 is 4.90 Å². The lowest BCUT2D eigenvalue weighted by molar-refractivity contribution is 0.437. The second kappa shape index (κ2) is 7.95. The predicted octanol–water partition coefficient (Wildman–Crippen LogP) is 6.26. The highest BCUT2D eigenvalue weighted by Gasteiger charge is 2.29. The fraction of sp³-hybridized carbons (Fsp3) is 0.286. The van der Waals surface area contributed by atoms with Crippen molar-refractivity contribution in [2.45, 2.75) is 29.6 Å². The molecule has 0 saturated carbocycles. The summed E-state index contributed by atoms with van der Waals surface area (Å²) in [6.45, 7) is 3.79. The summed E-state index contributed by atoms with van der Waals surface area (Å²) in [5.74, 6) is 0.615. The Labute approximate surface area is 185 Å². The first-order chi connectivity index (χ1) is 13.8. The van der Waals surface area contributed by atoms with Gasteiger partial charge in [0.15, 0.2) is 0 Å². The lowest BCUT2D eigenvalue weighted by atomic mass is 9.98. The Morgan fingerprint density at radius 1 is 1.00 bits per heavy atom. The summed E-state index contributed by atoms with van der Waals surface area (Å²) in [6.07, 6.45) is 3.43. The van der Waals surface area contributed by atoms with E-state index in [9.17, 15) is 8.42 Å². The lowest BCUT2D eigenvalue weighted by Gasteiger charge is -2.34. The number of fused-ring (bicyclic) bond motifs is 1. The second-order valence-corrected chi connectivity index (χ2v) is 10.6. The van der Waals surface area contributed by atoms with Gasteiger partial charge in [0.1, 0.15) is 4.90 Å². The second-order valence-electron chi connectivity index (χ2n) is 7.38. The molecule has 4 rings (SSSR count). The maximum Gasteiger partial charge on any atom is 0.210 e. The first kappa shape index (κ1) is 20.7. The van der Waals surface area contributed by atoms with Gasteiger partial charge in [0.25, 0.3) is 0 Å². The van der Waals surface area contributed by atoms with Crippen LogP contribution in [0.25, 0.3) is 10.9 Å². The molecule has 0 spiro atoms. The molecule has 1 saturated heterocycles. The summed E-state index contributed by atoms with van der Waals surface area (Å²) < 4.78 is 27.1. The molecule has 1 aliphatic heterocycles. The van der Waals surface area contributed by atoms with E-state index in [1.807, 2.05) is 6.07 Å². The van der Waals surface area contributed by atoms with E-state index in [2.05, 4.69) is 16.8 Å². The Balaban J connectivity index is 1.94. The van der Waals surface area contributed by atoms with Crippen LogP contribution in [0.3, 0.4) is 0 Å². The molecule has 0 amide bonds. The third kappa shape index (κ3) is 3.93. The molecular weight excluding hydrogens is 451 g/mol. The topological polar surface area (TPSA) is 50.3 Å². The van der Waals surface area contributed by atoms with E-state index in [1.165, 1.54) is 24.4 Å². The quantitative estimate of drug-likeness (QED) is 0.454. The van der Waals surface area contributed by atoms with Crippen molar-refractivity contribution in [2.24, 2.45) is 5.92 Å². The molecule has 1 fully saturated rings.